The summed E-state index contributed by atoms with van der Waals surface area (Å²) in [7, 11) is 0. The van der Waals surface area contributed by atoms with Crippen LogP contribution in [0, 0.1) is 29.1 Å². The Morgan fingerprint density at radius 2 is 2.00 bits per heavy atom. The molecule has 1 saturated carbocycles. The lowest BCUT2D eigenvalue weighted by Crippen LogP contribution is -2.31. The number of nitriles is 1. The Bertz CT molecular complexity index is 416. The van der Waals surface area contributed by atoms with Gasteiger partial charge in [-0.1, -0.05) is 30.3 Å². The molecule has 1 aliphatic carbocycles. The molecule has 0 radical (unpaired) electrons. The molecule has 88 valence electrons. The van der Waals surface area contributed by atoms with Gasteiger partial charge in [0.25, 0.3) is 0 Å². The average molecular weight is 228 g/mol. The Balaban J connectivity index is 1.56. The zero-order valence-corrected chi connectivity index (χ0v) is 9.67. The maximum absolute atomic E-state index is 9.22. The van der Waals surface area contributed by atoms with E-state index in [0.29, 0.717) is 17.8 Å². The highest BCUT2D eigenvalue weighted by atomic mass is 16.5. The largest absolute Gasteiger partial charge is 0.381 e. The van der Waals surface area contributed by atoms with Gasteiger partial charge in [0.05, 0.1) is 25.3 Å². The van der Waals surface area contributed by atoms with Crippen molar-refractivity contribution in [3.63, 3.8) is 0 Å². The van der Waals surface area contributed by atoms with E-state index < -0.39 is 0 Å². The van der Waals surface area contributed by atoms with Crippen molar-refractivity contribution in [1.82, 2.24) is 5.32 Å². The molecule has 0 spiro atoms. The van der Waals surface area contributed by atoms with E-state index in [0.717, 1.165) is 19.8 Å². The zero-order chi connectivity index (χ0) is 11.7. The first-order chi connectivity index (χ1) is 8.40. The van der Waals surface area contributed by atoms with E-state index >= 15 is 0 Å². The van der Waals surface area contributed by atoms with Gasteiger partial charge < -0.3 is 4.74 Å². The first kappa shape index (κ1) is 10.8. The summed E-state index contributed by atoms with van der Waals surface area (Å²) in [4.78, 5) is 0. The highest BCUT2D eigenvalue weighted by molar-refractivity contribution is 5.17. The lowest BCUT2D eigenvalue weighted by Gasteiger charge is -2.13. The Morgan fingerprint density at radius 3 is 2.65 bits per heavy atom. The van der Waals surface area contributed by atoms with Gasteiger partial charge >= 0.3 is 0 Å². The number of hydrogen-bond donors (Lipinski definition) is 1. The fourth-order valence-electron chi connectivity index (χ4n) is 2.87. The van der Waals surface area contributed by atoms with Crippen molar-refractivity contribution in [3.8, 4) is 6.07 Å². The molecular weight excluding hydrogens is 212 g/mol. The van der Waals surface area contributed by atoms with Crippen molar-refractivity contribution in [3.05, 3.63) is 35.9 Å². The SMILES string of the molecule is N#C[C@@H](NCc1ccccc1)C1[C@H]2COC[C@@H]12. The number of nitrogens with zero attached hydrogens (tertiary/aromatic N) is 1. The van der Waals surface area contributed by atoms with Crippen LogP contribution in [0.3, 0.4) is 0 Å². The number of ether oxygens (including phenoxy) is 1. The molecule has 17 heavy (non-hydrogen) atoms. The second-order valence-electron chi connectivity index (χ2n) is 4.92. The van der Waals surface area contributed by atoms with Gasteiger partial charge in [-0.05, 0) is 23.3 Å². The smallest absolute Gasteiger partial charge is 0.0991 e. The van der Waals surface area contributed by atoms with E-state index in [2.05, 4.69) is 23.5 Å². The van der Waals surface area contributed by atoms with Crippen LogP contribution in [0.15, 0.2) is 30.3 Å². The molecular formula is C14H16N2O. The summed E-state index contributed by atoms with van der Waals surface area (Å²) in [6.07, 6.45) is 0. The minimum absolute atomic E-state index is 0.0193. The predicted molar refractivity (Wildman–Crippen MR) is 64.0 cm³/mol. The monoisotopic (exact) mass is 228 g/mol. The van der Waals surface area contributed by atoms with Crippen LogP contribution in [0.1, 0.15) is 5.56 Å². The van der Waals surface area contributed by atoms with Gasteiger partial charge in [-0.2, -0.15) is 5.26 Å². The summed E-state index contributed by atoms with van der Waals surface area (Å²) >= 11 is 0. The van der Waals surface area contributed by atoms with Crippen LogP contribution in [0.2, 0.25) is 0 Å². The van der Waals surface area contributed by atoms with Gasteiger partial charge in [-0.25, -0.2) is 0 Å². The van der Waals surface area contributed by atoms with Gasteiger partial charge in [-0.3, -0.25) is 5.32 Å². The van der Waals surface area contributed by atoms with Gasteiger partial charge in [0, 0.05) is 6.54 Å². The Hall–Kier alpha value is -1.37. The maximum atomic E-state index is 9.22. The Morgan fingerprint density at radius 1 is 1.29 bits per heavy atom. The molecule has 1 aliphatic heterocycles. The lowest BCUT2D eigenvalue weighted by atomic mass is 10.1. The quantitative estimate of drug-likeness (QED) is 0.850. The van der Waals surface area contributed by atoms with Crippen LogP contribution < -0.4 is 5.32 Å². The van der Waals surface area contributed by atoms with Crippen LogP contribution in [0.25, 0.3) is 0 Å². The third-order valence-corrected chi connectivity index (χ3v) is 3.91. The summed E-state index contributed by atoms with van der Waals surface area (Å²) in [5.41, 5.74) is 1.23. The fraction of sp³-hybridized carbons (Fsp3) is 0.500. The molecule has 1 N–H and O–H groups in total. The number of rotatable bonds is 4. The van der Waals surface area contributed by atoms with Crippen LogP contribution in [0.4, 0.5) is 0 Å². The number of benzene rings is 1. The van der Waals surface area contributed by atoms with Gasteiger partial charge in [0.2, 0.25) is 0 Å². The molecule has 4 atom stereocenters. The molecule has 1 aromatic rings. The summed E-state index contributed by atoms with van der Waals surface area (Å²) in [5.74, 6) is 1.77. The van der Waals surface area contributed by atoms with E-state index in [1.165, 1.54) is 5.56 Å². The molecule has 2 fully saturated rings. The third-order valence-electron chi connectivity index (χ3n) is 3.91. The van der Waals surface area contributed by atoms with Crippen LogP contribution >= 0.6 is 0 Å². The van der Waals surface area contributed by atoms with Crippen LogP contribution in [-0.2, 0) is 11.3 Å². The highest BCUT2D eigenvalue weighted by Crippen LogP contribution is 2.52. The molecule has 3 heteroatoms. The van der Waals surface area contributed by atoms with Gasteiger partial charge in [0.15, 0.2) is 0 Å². The van der Waals surface area contributed by atoms with Crippen molar-refractivity contribution < 1.29 is 4.74 Å². The average Bonchev–Trinajstić information content (AvgIpc) is 2.86. The van der Waals surface area contributed by atoms with Gasteiger partial charge in [-0.15, -0.1) is 0 Å². The Labute approximate surface area is 101 Å². The second kappa shape index (κ2) is 4.48. The summed E-state index contributed by atoms with van der Waals surface area (Å²) < 4.78 is 5.36. The maximum Gasteiger partial charge on any atom is 0.0991 e. The molecule has 0 bridgehead atoms. The minimum atomic E-state index is -0.0193. The second-order valence-corrected chi connectivity index (χ2v) is 4.92. The van der Waals surface area contributed by atoms with Crippen molar-refractivity contribution >= 4 is 0 Å². The fourth-order valence-corrected chi connectivity index (χ4v) is 2.87. The minimum Gasteiger partial charge on any atom is -0.381 e. The highest BCUT2D eigenvalue weighted by Gasteiger charge is 2.57. The van der Waals surface area contributed by atoms with Crippen LogP contribution in [-0.4, -0.2) is 19.3 Å². The van der Waals surface area contributed by atoms with E-state index in [4.69, 9.17) is 4.74 Å². The lowest BCUT2D eigenvalue weighted by molar-refractivity contribution is 0.147. The van der Waals surface area contributed by atoms with E-state index in [1.807, 2.05) is 18.2 Å². The number of hydrogen-bond acceptors (Lipinski definition) is 3. The van der Waals surface area contributed by atoms with E-state index in [1.54, 1.807) is 0 Å². The Kier molecular flexibility index (Phi) is 2.84. The molecule has 0 amide bonds. The standard InChI is InChI=1S/C14H16N2O/c15-6-13(14-11-8-17-9-12(11)14)16-7-10-4-2-1-3-5-10/h1-5,11-14,16H,7-9H2/t11-,12+,13-,14?/m1/s1. The first-order valence-electron chi connectivity index (χ1n) is 6.15. The van der Waals surface area contributed by atoms with Crippen molar-refractivity contribution in [2.75, 3.05) is 13.2 Å². The predicted octanol–water partition coefficient (Wildman–Crippen LogP) is 1.56. The van der Waals surface area contributed by atoms with Crippen molar-refractivity contribution in [1.29, 1.82) is 5.26 Å². The molecule has 2 aliphatic rings. The van der Waals surface area contributed by atoms with Crippen LogP contribution in [0.5, 0.6) is 0 Å². The topological polar surface area (TPSA) is 45.0 Å². The summed E-state index contributed by atoms with van der Waals surface area (Å²) in [6, 6.07) is 12.6. The van der Waals surface area contributed by atoms with E-state index in [9.17, 15) is 5.26 Å². The van der Waals surface area contributed by atoms with Crippen molar-refractivity contribution in [2.24, 2.45) is 17.8 Å². The summed E-state index contributed by atoms with van der Waals surface area (Å²) in [6.45, 7) is 2.47. The number of fused-ring (bicyclic) bond motifs is 1. The molecule has 1 unspecified atom stereocenters. The third kappa shape index (κ3) is 2.06. The molecule has 1 heterocycles. The summed E-state index contributed by atoms with van der Waals surface area (Å²) in [5, 5.41) is 12.6. The molecule has 3 nitrogen and oxygen atoms in total. The molecule has 1 saturated heterocycles. The van der Waals surface area contributed by atoms with Gasteiger partial charge in [0.1, 0.15) is 0 Å². The molecule has 3 rings (SSSR count). The van der Waals surface area contributed by atoms with Crippen molar-refractivity contribution in [2.45, 2.75) is 12.6 Å². The normalized spacial score (nSPS) is 31.6. The number of nitrogens with one attached hydrogen (secondary N) is 1. The van der Waals surface area contributed by atoms with E-state index in [-0.39, 0.29) is 6.04 Å². The molecule has 0 aromatic heterocycles. The zero-order valence-electron chi connectivity index (χ0n) is 9.67. The first-order valence-corrected chi connectivity index (χ1v) is 6.15. The molecule has 1 aromatic carbocycles.